The molecule has 1 aromatic heterocycles. The maximum atomic E-state index is 12.2. The topological polar surface area (TPSA) is 59.5 Å². The quantitative estimate of drug-likeness (QED) is 0.722. The van der Waals surface area contributed by atoms with Crippen LogP contribution in [-0.4, -0.2) is 29.5 Å². The molecule has 21 heavy (non-hydrogen) atoms. The third-order valence-corrected chi connectivity index (χ3v) is 4.31. The van der Waals surface area contributed by atoms with Crippen LogP contribution in [0.1, 0.15) is 62.3 Å². The molecule has 1 atom stereocenters. The van der Waals surface area contributed by atoms with E-state index in [2.05, 4.69) is 11.9 Å². The fraction of sp³-hybridized carbons (Fsp3) is 0.667. The van der Waals surface area contributed by atoms with Gasteiger partial charge in [-0.15, -0.1) is 0 Å². The van der Waals surface area contributed by atoms with Gasteiger partial charge in [0.15, 0.2) is 5.13 Å². The van der Waals surface area contributed by atoms with Crippen LogP contribution in [0, 0.1) is 6.92 Å². The molecule has 6 heteroatoms. The molecule has 0 spiro atoms. The Morgan fingerprint density at radius 2 is 2.00 bits per heavy atom. The zero-order chi connectivity index (χ0) is 16.0. The van der Waals surface area contributed by atoms with Gasteiger partial charge in [-0.25, -0.2) is 9.78 Å². The molecule has 1 aromatic rings. The third-order valence-electron chi connectivity index (χ3n) is 3.17. The predicted octanol–water partition coefficient (Wildman–Crippen LogP) is 3.56. The molecule has 1 heterocycles. The van der Waals surface area contributed by atoms with Crippen LogP contribution in [-0.2, 0) is 9.53 Å². The Morgan fingerprint density at radius 3 is 2.52 bits per heavy atom. The number of hydrogen-bond donors (Lipinski definition) is 0. The number of thiazole rings is 1. The number of nitrogens with zero attached hydrogens (tertiary/aromatic N) is 2. The number of anilines is 1. The number of esters is 1. The number of ether oxygens (including phenoxy) is 1. The molecular formula is C15H24N2O3S. The van der Waals surface area contributed by atoms with Crippen LogP contribution < -0.4 is 4.90 Å². The molecule has 0 aliphatic carbocycles. The number of hydrogen-bond acceptors (Lipinski definition) is 5. The summed E-state index contributed by atoms with van der Waals surface area (Å²) in [6.07, 6.45) is 2.31. The largest absolute Gasteiger partial charge is 0.462 e. The highest BCUT2D eigenvalue weighted by atomic mass is 32.1. The number of carbonyl (C=O) groups excluding carboxylic acids is 2. The Hall–Kier alpha value is -1.43. The molecular weight excluding hydrogens is 288 g/mol. The number of rotatable bonds is 7. The van der Waals surface area contributed by atoms with Crippen molar-refractivity contribution in [3.05, 3.63) is 10.6 Å². The van der Waals surface area contributed by atoms with Gasteiger partial charge >= 0.3 is 5.97 Å². The van der Waals surface area contributed by atoms with Crippen molar-refractivity contribution < 1.29 is 14.3 Å². The fourth-order valence-corrected chi connectivity index (χ4v) is 3.21. The van der Waals surface area contributed by atoms with Crippen molar-refractivity contribution in [1.82, 2.24) is 4.98 Å². The van der Waals surface area contributed by atoms with E-state index in [1.54, 1.807) is 18.7 Å². The number of aromatic nitrogens is 1. The van der Waals surface area contributed by atoms with Gasteiger partial charge in [-0.2, -0.15) is 0 Å². The average Bonchev–Trinajstić information content (AvgIpc) is 2.81. The Bertz CT molecular complexity index is 499. The van der Waals surface area contributed by atoms with E-state index in [0.717, 1.165) is 12.8 Å². The summed E-state index contributed by atoms with van der Waals surface area (Å²) in [5.74, 6) is -0.342. The Kier molecular flexibility index (Phi) is 6.81. The van der Waals surface area contributed by atoms with Crippen molar-refractivity contribution in [2.45, 2.75) is 59.9 Å². The van der Waals surface area contributed by atoms with Crippen LogP contribution in [0.5, 0.6) is 0 Å². The van der Waals surface area contributed by atoms with Crippen LogP contribution >= 0.6 is 11.3 Å². The molecule has 118 valence electrons. The molecule has 1 rings (SSSR count). The first-order chi connectivity index (χ1) is 9.96. The summed E-state index contributed by atoms with van der Waals surface area (Å²) in [6, 6.07) is 0.0723. The minimum absolute atomic E-state index is 0.0279. The van der Waals surface area contributed by atoms with Gasteiger partial charge in [0.1, 0.15) is 4.88 Å². The summed E-state index contributed by atoms with van der Waals surface area (Å²) < 4.78 is 5.02. The minimum atomic E-state index is -0.370. The van der Waals surface area contributed by atoms with Crippen molar-refractivity contribution in [3.63, 3.8) is 0 Å². The van der Waals surface area contributed by atoms with Crippen molar-refractivity contribution in [2.24, 2.45) is 0 Å². The maximum absolute atomic E-state index is 12.2. The summed E-state index contributed by atoms with van der Waals surface area (Å²) in [4.78, 5) is 30.7. The van der Waals surface area contributed by atoms with Crippen molar-refractivity contribution in [2.75, 3.05) is 11.5 Å². The first-order valence-corrected chi connectivity index (χ1v) is 8.24. The van der Waals surface area contributed by atoms with E-state index < -0.39 is 0 Å². The molecule has 1 amide bonds. The first-order valence-electron chi connectivity index (χ1n) is 7.42. The molecule has 0 saturated carbocycles. The summed E-state index contributed by atoms with van der Waals surface area (Å²) in [6.45, 7) is 9.80. The van der Waals surface area contributed by atoms with Gasteiger partial charge in [0.2, 0.25) is 5.91 Å². The summed E-state index contributed by atoms with van der Waals surface area (Å²) in [7, 11) is 0. The van der Waals surface area contributed by atoms with Crippen molar-refractivity contribution in [1.29, 1.82) is 0 Å². The SMILES string of the molecule is CCC[C@H](C)N(C(=O)CC)c1nc(C)c(C(=O)OCC)s1. The Morgan fingerprint density at radius 1 is 1.33 bits per heavy atom. The minimum Gasteiger partial charge on any atom is -0.462 e. The molecule has 5 nitrogen and oxygen atoms in total. The summed E-state index contributed by atoms with van der Waals surface area (Å²) in [5.41, 5.74) is 0.617. The predicted molar refractivity (Wildman–Crippen MR) is 85.0 cm³/mol. The lowest BCUT2D eigenvalue weighted by Crippen LogP contribution is -2.38. The van der Waals surface area contributed by atoms with E-state index in [9.17, 15) is 9.59 Å². The smallest absolute Gasteiger partial charge is 0.350 e. The molecule has 0 aliphatic rings. The Balaban J connectivity index is 3.11. The fourth-order valence-electron chi connectivity index (χ4n) is 2.13. The van der Waals surface area contributed by atoms with E-state index in [4.69, 9.17) is 4.74 Å². The second-order valence-electron chi connectivity index (χ2n) is 4.89. The Labute approximate surface area is 130 Å². The normalized spacial score (nSPS) is 12.0. The molecule has 0 unspecified atom stereocenters. The highest BCUT2D eigenvalue weighted by Crippen LogP contribution is 2.29. The van der Waals surface area contributed by atoms with Crippen molar-refractivity contribution in [3.8, 4) is 0 Å². The van der Waals surface area contributed by atoms with Gasteiger partial charge in [-0.05, 0) is 27.2 Å². The number of amides is 1. The van der Waals surface area contributed by atoms with Crippen LogP contribution in [0.3, 0.4) is 0 Å². The van der Waals surface area contributed by atoms with Crippen LogP contribution in [0.25, 0.3) is 0 Å². The number of carbonyl (C=O) groups is 2. The lowest BCUT2D eigenvalue weighted by atomic mass is 10.1. The van der Waals surface area contributed by atoms with Gasteiger partial charge in [0, 0.05) is 12.5 Å². The summed E-state index contributed by atoms with van der Waals surface area (Å²) >= 11 is 1.23. The summed E-state index contributed by atoms with van der Waals surface area (Å²) in [5, 5.41) is 0.586. The van der Waals surface area contributed by atoms with E-state index in [-0.39, 0.29) is 17.9 Å². The van der Waals surface area contributed by atoms with E-state index in [1.165, 1.54) is 11.3 Å². The maximum Gasteiger partial charge on any atom is 0.350 e. The first kappa shape index (κ1) is 17.6. The molecule has 0 N–H and O–H groups in total. The van der Waals surface area contributed by atoms with E-state index in [0.29, 0.717) is 28.7 Å². The lowest BCUT2D eigenvalue weighted by Gasteiger charge is -2.26. The molecule has 0 bridgehead atoms. The monoisotopic (exact) mass is 312 g/mol. The van der Waals surface area contributed by atoms with Gasteiger partial charge in [-0.1, -0.05) is 31.6 Å². The number of aryl methyl sites for hydroxylation is 1. The van der Waals surface area contributed by atoms with Gasteiger partial charge < -0.3 is 4.74 Å². The molecule has 0 saturated heterocycles. The third kappa shape index (κ3) is 4.27. The average molecular weight is 312 g/mol. The second-order valence-corrected chi connectivity index (χ2v) is 5.86. The highest BCUT2D eigenvalue weighted by molar-refractivity contribution is 7.17. The standard InChI is InChI=1S/C15H24N2O3S/c1-6-9-10(4)17(12(18)7-2)15-16-11(5)13(21-15)14(19)20-8-3/h10H,6-9H2,1-5H3/t10-/m0/s1. The highest BCUT2D eigenvalue weighted by Gasteiger charge is 2.26. The van der Waals surface area contributed by atoms with Crippen LogP contribution in [0.15, 0.2) is 0 Å². The van der Waals surface area contributed by atoms with Crippen molar-refractivity contribution >= 4 is 28.3 Å². The molecule has 0 aromatic carbocycles. The lowest BCUT2D eigenvalue weighted by molar-refractivity contribution is -0.118. The molecule has 0 fully saturated rings. The molecule has 0 radical (unpaired) electrons. The van der Waals surface area contributed by atoms with Gasteiger partial charge in [-0.3, -0.25) is 9.69 Å². The zero-order valence-corrected chi connectivity index (χ0v) is 14.2. The van der Waals surface area contributed by atoms with Crippen LogP contribution in [0.4, 0.5) is 5.13 Å². The van der Waals surface area contributed by atoms with E-state index >= 15 is 0 Å². The van der Waals surface area contributed by atoms with Gasteiger partial charge in [0.05, 0.1) is 12.3 Å². The van der Waals surface area contributed by atoms with E-state index in [1.807, 2.05) is 13.8 Å². The van der Waals surface area contributed by atoms with Crippen LogP contribution in [0.2, 0.25) is 0 Å². The van der Waals surface area contributed by atoms with Gasteiger partial charge in [0.25, 0.3) is 0 Å². The zero-order valence-electron chi connectivity index (χ0n) is 13.4. The molecule has 0 aliphatic heterocycles. The second kappa shape index (κ2) is 8.12.